The smallest absolute Gasteiger partial charge is 0.319 e. The molecule has 0 spiro atoms. The highest BCUT2D eigenvalue weighted by Gasteiger charge is 2.12. The third-order valence-electron chi connectivity index (χ3n) is 3.57. The second-order valence-electron chi connectivity index (χ2n) is 5.41. The maximum Gasteiger partial charge on any atom is 0.319 e. The number of methoxy groups -OCH3 is 1. The Morgan fingerprint density at radius 1 is 1.14 bits per heavy atom. The third-order valence-corrected chi connectivity index (χ3v) is 3.57. The lowest BCUT2D eigenvalue weighted by Gasteiger charge is -2.17. The summed E-state index contributed by atoms with van der Waals surface area (Å²) in [6, 6.07) is 13.2. The van der Waals surface area contributed by atoms with E-state index in [0.717, 1.165) is 5.56 Å². The van der Waals surface area contributed by atoms with Gasteiger partial charge in [0.25, 0.3) is 0 Å². The zero-order valence-electron chi connectivity index (χ0n) is 13.4. The van der Waals surface area contributed by atoms with E-state index in [4.69, 9.17) is 4.74 Å². The quantitative estimate of drug-likeness (QED) is 0.889. The molecule has 0 radical (unpaired) electrons. The molecule has 22 heavy (non-hydrogen) atoms. The van der Waals surface area contributed by atoms with Crippen molar-refractivity contribution in [1.29, 1.82) is 0 Å². The van der Waals surface area contributed by atoms with E-state index >= 15 is 0 Å². The monoisotopic (exact) mass is 298 g/mol. The van der Waals surface area contributed by atoms with E-state index in [9.17, 15) is 4.79 Å². The van der Waals surface area contributed by atoms with Crippen molar-refractivity contribution >= 4 is 11.7 Å². The number of carbonyl (C=O) groups is 1. The third kappa shape index (κ3) is 4.01. The molecule has 116 valence electrons. The van der Waals surface area contributed by atoms with Gasteiger partial charge in [0.15, 0.2) is 0 Å². The van der Waals surface area contributed by atoms with Crippen LogP contribution < -0.4 is 15.4 Å². The van der Waals surface area contributed by atoms with Crippen molar-refractivity contribution in [2.45, 2.75) is 26.8 Å². The highest BCUT2D eigenvalue weighted by Crippen LogP contribution is 2.20. The van der Waals surface area contributed by atoms with Crippen LogP contribution in [0.5, 0.6) is 5.75 Å². The van der Waals surface area contributed by atoms with E-state index in [1.165, 1.54) is 11.1 Å². The molecule has 0 aliphatic heterocycles. The number of carbonyl (C=O) groups excluding carboxylic acids is 1. The highest BCUT2D eigenvalue weighted by molar-refractivity contribution is 5.89. The zero-order valence-corrected chi connectivity index (χ0v) is 13.4. The van der Waals surface area contributed by atoms with Gasteiger partial charge in [-0.05, 0) is 44.0 Å². The van der Waals surface area contributed by atoms with Crippen LogP contribution in [0.3, 0.4) is 0 Å². The van der Waals surface area contributed by atoms with Gasteiger partial charge in [0.1, 0.15) is 5.75 Å². The largest absolute Gasteiger partial charge is 0.497 e. The predicted octanol–water partition coefficient (Wildman–Crippen LogP) is 4.19. The predicted molar refractivity (Wildman–Crippen MR) is 89.5 cm³/mol. The topological polar surface area (TPSA) is 50.4 Å². The lowest BCUT2D eigenvalue weighted by Crippen LogP contribution is -2.31. The lowest BCUT2D eigenvalue weighted by molar-refractivity contribution is 0.249. The summed E-state index contributed by atoms with van der Waals surface area (Å²) in [5.41, 5.74) is 4.21. The molecule has 1 atom stereocenters. The first-order valence-electron chi connectivity index (χ1n) is 7.28. The molecule has 2 amide bonds. The van der Waals surface area contributed by atoms with Crippen LogP contribution in [0.2, 0.25) is 0 Å². The number of anilines is 1. The van der Waals surface area contributed by atoms with Crippen LogP contribution in [0.15, 0.2) is 42.5 Å². The number of hydrogen-bond acceptors (Lipinski definition) is 2. The molecule has 4 nitrogen and oxygen atoms in total. The molecule has 2 rings (SSSR count). The summed E-state index contributed by atoms with van der Waals surface area (Å²) in [5.74, 6) is 0.709. The molecule has 0 heterocycles. The van der Waals surface area contributed by atoms with Gasteiger partial charge < -0.3 is 15.4 Å². The number of benzene rings is 2. The molecule has 2 N–H and O–H groups in total. The number of amides is 2. The van der Waals surface area contributed by atoms with Gasteiger partial charge in [-0.2, -0.15) is 0 Å². The number of hydrogen-bond donors (Lipinski definition) is 2. The van der Waals surface area contributed by atoms with Crippen LogP contribution in [0.1, 0.15) is 29.7 Å². The number of nitrogens with one attached hydrogen (secondary N) is 2. The minimum Gasteiger partial charge on any atom is -0.497 e. The summed E-state index contributed by atoms with van der Waals surface area (Å²) < 4.78 is 5.14. The maximum absolute atomic E-state index is 12.1. The second kappa shape index (κ2) is 6.98. The fraction of sp³-hybridized carbons (Fsp3) is 0.278. The van der Waals surface area contributed by atoms with E-state index in [-0.39, 0.29) is 12.1 Å². The Balaban J connectivity index is 2.01. The summed E-state index contributed by atoms with van der Waals surface area (Å²) in [6.45, 7) is 6.09. The summed E-state index contributed by atoms with van der Waals surface area (Å²) in [4.78, 5) is 12.1. The Bertz CT molecular complexity index is 668. The molecule has 2 aromatic carbocycles. The molecular formula is C18H22N2O2. The fourth-order valence-electron chi connectivity index (χ4n) is 2.45. The molecule has 0 aliphatic carbocycles. The molecule has 0 saturated heterocycles. The molecular weight excluding hydrogens is 276 g/mol. The van der Waals surface area contributed by atoms with Gasteiger partial charge in [-0.25, -0.2) is 4.79 Å². The summed E-state index contributed by atoms with van der Waals surface area (Å²) in [6.07, 6.45) is 0. The molecule has 1 unspecified atom stereocenters. The van der Waals surface area contributed by atoms with Gasteiger partial charge in [0.05, 0.1) is 13.2 Å². The Hall–Kier alpha value is -2.49. The number of rotatable bonds is 4. The molecule has 2 aromatic rings. The van der Waals surface area contributed by atoms with Crippen molar-refractivity contribution in [3.05, 3.63) is 59.2 Å². The van der Waals surface area contributed by atoms with Crippen LogP contribution >= 0.6 is 0 Å². The number of aryl methyl sites for hydroxylation is 2. The minimum absolute atomic E-state index is 0.0637. The average molecular weight is 298 g/mol. The van der Waals surface area contributed by atoms with E-state index in [0.29, 0.717) is 11.4 Å². The summed E-state index contributed by atoms with van der Waals surface area (Å²) in [5, 5.41) is 5.77. The van der Waals surface area contributed by atoms with Gasteiger partial charge in [-0.3, -0.25) is 0 Å². The normalized spacial score (nSPS) is 11.6. The SMILES string of the molecule is COc1cccc(NC(=O)NC(C)c2ccc(C)cc2C)c1. The molecule has 0 fully saturated rings. The molecule has 4 heteroatoms. The van der Waals surface area contributed by atoms with Crippen LogP contribution in [0, 0.1) is 13.8 Å². The first-order chi connectivity index (χ1) is 10.5. The van der Waals surface area contributed by atoms with Crippen molar-refractivity contribution in [2.75, 3.05) is 12.4 Å². The molecule has 0 aliphatic rings. The zero-order chi connectivity index (χ0) is 16.1. The van der Waals surface area contributed by atoms with Crippen LogP contribution in [0.4, 0.5) is 10.5 Å². The van der Waals surface area contributed by atoms with E-state index in [2.05, 4.69) is 42.7 Å². The van der Waals surface area contributed by atoms with Crippen LogP contribution in [-0.2, 0) is 0 Å². The van der Waals surface area contributed by atoms with E-state index < -0.39 is 0 Å². The van der Waals surface area contributed by atoms with Gasteiger partial charge in [0.2, 0.25) is 0 Å². The van der Waals surface area contributed by atoms with Crippen molar-refractivity contribution in [2.24, 2.45) is 0 Å². The Labute approximate surface area is 131 Å². The summed E-state index contributed by atoms with van der Waals surface area (Å²) >= 11 is 0. The highest BCUT2D eigenvalue weighted by atomic mass is 16.5. The Morgan fingerprint density at radius 3 is 2.59 bits per heavy atom. The van der Waals surface area contributed by atoms with Gasteiger partial charge in [-0.15, -0.1) is 0 Å². The van der Waals surface area contributed by atoms with Gasteiger partial charge >= 0.3 is 6.03 Å². The van der Waals surface area contributed by atoms with Crippen molar-refractivity contribution < 1.29 is 9.53 Å². The first kappa shape index (κ1) is 15.9. The number of ether oxygens (including phenoxy) is 1. The lowest BCUT2D eigenvalue weighted by atomic mass is 10.0. The van der Waals surface area contributed by atoms with Gasteiger partial charge in [0, 0.05) is 11.8 Å². The summed E-state index contributed by atoms with van der Waals surface area (Å²) in [7, 11) is 1.60. The fourth-order valence-corrected chi connectivity index (χ4v) is 2.45. The first-order valence-corrected chi connectivity index (χ1v) is 7.28. The Kier molecular flexibility index (Phi) is 5.04. The van der Waals surface area contributed by atoms with Gasteiger partial charge in [-0.1, -0.05) is 29.8 Å². The Morgan fingerprint density at radius 2 is 1.91 bits per heavy atom. The minimum atomic E-state index is -0.235. The van der Waals surface area contributed by atoms with Crippen molar-refractivity contribution in [3.8, 4) is 5.75 Å². The van der Waals surface area contributed by atoms with Crippen LogP contribution in [-0.4, -0.2) is 13.1 Å². The van der Waals surface area contributed by atoms with E-state index in [1.54, 1.807) is 13.2 Å². The maximum atomic E-state index is 12.1. The molecule has 0 saturated carbocycles. The van der Waals surface area contributed by atoms with Crippen molar-refractivity contribution in [1.82, 2.24) is 5.32 Å². The standard InChI is InChI=1S/C18H22N2O2/c1-12-8-9-17(13(2)10-12)14(3)19-18(21)20-15-6-5-7-16(11-15)22-4/h5-11,14H,1-4H3,(H2,19,20,21). The number of urea groups is 1. The molecule has 0 bridgehead atoms. The molecule has 0 aromatic heterocycles. The van der Waals surface area contributed by atoms with Crippen LogP contribution in [0.25, 0.3) is 0 Å². The average Bonchev–Trinajstić information content (AvgIpc) is 2.47. The van der Waals surface area contributed by atoms with E-state index in [1.807, 2.05) is 25.1 Å². The second-order valence-corrected chi connectivity index (χ2v) is 5.41. The van der Waals surface area contributed by atoms with Crippen molar-refractivity contribution in [3.63, 3.8) is 0 Å².